The van der Waals surface area contributed by atoms with Gasteiger partial charge in [-0.1, -0.05) is 35.3 Å². The lowest BCUT2D eigenvalue weighted by molar-refractivity contribution is 0.301. The lowest BCUT2D eigenvalue weighted by Gasteiger charge is -2.10. The molecular formula is C17H11BrCl2N2O2. The molecule has 0 saturated heterocycles. The number of hydrogen-bond acceptors (Lipinski definition) is 3. The van der Waals surface area contributed by atoms with Crippen LogP contribution in [0.1, 0.15) is 5.56 Å². The molecule has 1 heterocycles. The van der Waals surface area contributed by atoms with Crippen LogP contribution in [0.4, 0.5) is 0 Å². The summed E-state index contributed by atoms with van der Waals surface area (Å²) in [6.45, 7) is 0.307. The molecule has 0 N–H and O–H groups in total. The first kappa shape index (κ1) is 17.0. The highest BCUT2D eigenvalue weighted by Gasteiger charge is 2.11. The zero-order valence-corrected chi connectivity index (χ0v) is 15.3. The van der Waals surface area contributed by atoms with Crippen molar-refractivity contribution >= 4 is 39.1 Å². The van der Waals surface area contributed by atoms with Crippen LogP contribution in [0, 0.1) is 0 Å². The largest absolute Gasteiger partial charge is 0.486 e. The third-order valence-electron chi connectivity index (χ3n) is 3.27. The normalized spacial score (nSPS) is 10.6. The van der Waals surface area contributed by atoms with Gasteiger partial charge in [0.1, 0.15) is 11.1 Å². The van der Waals surface area contributed by atoms with Crippen LogP contribution in [0.25, 0.3) is 5.69 Å². The molecule has 3 aromatic rings. The number of ether oxygens (including phenoxy) is 1. The summed E-state index contributed by atoms with van der Waals surface area (Å²) in [7, 11) is 0. The van der Waals surface area contributed by atoms with Gasteiger partial charge in [0, 0.05) is 10.0 Å². The fourth-order valence-corrected chi connectivity index (χ4v) is 2.66. The average Bonchev–Trinajstić information content (AvgIpc) is 2.59. The van der Waals surface area contributed by atoms with E-state index in [4.69, 9.17) is 27.9 Å². The summed E-state index contributed by atoms with van der Waals surface area (Å²) in [6, 6.07) is 14.1. The highest BCUT2D eigenvalue weighted by Crippen LogP contribution is 2.22. The van der Waals surface area contributed by atoms with Gasteiger partial charge in [0.05, 0.1) is 11.9 Å². The van der Waals surface area contributed by atoms with E-state index >= 15 is 0 Å². The van der Waals surface area contributed by atoms with E-state index < -0.39 is 0 Å². The average molecular weight is 426 g/mol. The monoisotopic (exact) mass is 424 g/mol. The standard InChI is InChI=1S/C17H11BrCl2N2O2/c18-16-15(24-10-11-1-3-12(19)4-2-11)9-21-22(17(16)23)14-7-5-13(20)6-8-14/h1-9H,10H2. The first-order valence-corrected chi connectivity index (χ1v) is 8.50. The highest BCUT2D eigenvalue weighted by atomic mass is 79.9. The maximum atomic E-state index is 12.5. The van der Waals surface area contributed by atoms with E-state index in [0.29, 0.717) is 32.6 Å². The van der Waals surface area contributed by atoms with Crippen LogP contribution in [-0.2, 0) is 6.61 Å². The number of rotatable bonds is 4. The van der Waals surface area contributed by atoms with Crippen LogP contribution in [-0.4, -0.2) is 9.78 Å². The van der Waals surface area contributed by atoms with Crippen molar-refractivity contribution in [2.45, 2.75) is 6.61 Å². The Labute approximate surface area is 156 Å². The summed E-state index contributed by atoms with van der Waals surface area (Å²) < 4.78 is 7.25. The molecule has 7 heteroatoms. The number of halogens is 3. The summed E-state index contributed by atoms with van der Waals surface area (Å²) in [5.41, 5.74) is 1.24. The summed E-state index contributed by atoms with van der Waals surface area (Å²) in [6.07, 6.45) is 1.50. The van der Waals surface area contributed by atoms with Gasteiger partial charge in [0.2, 0.25) is 0 Å². The predicted octanol–water partition coefficient (Wildman–Crippen LogP) is 4.88. The van der Waals surface area contributed by atoms with Crippen molar-refractivity contribution in [2.24, 2.45) is 0 Å². The Morgan fingerprint density at radius 3 is 2.21 bits per heavy atom. The summed E-state index contributed by atoms with van der Waals surface area (Å²) >= 11 is 15.0. The van der Waals surface area contributed by atoms with E-state index in [2.05, 4.69) is 21.0 Å². The zero-order chi connectivity index (χ0) is 17.1. The minimum Gasteiger partial charge on any atom is -0.486 e. The van der Waals surface area contributed by atoms with Gasteiger partial charge in [0.25, 0.3) is 5.56 Å². The number of aromatic nitrogens is 2. The maximum absolute atomic E-state index is 12.5. The molecule has 0 unspecified atom stereocenters. The number of hydrogen-bond donors (Lipinski definition) is 0. The Balaban J connectivity index is 1.83. The predicted molar refractivity (Wildman–Crippen MR) is 98.3 cm³/mol. The van der Waals surface area contributed by atoms with Crippen molar-refractivity contribution in [1.82, 2.24) is 9.78 Å². The van der Waals surface area contributed by atoms with E-state index in [1.54, 1.807) is 36.4 Å². The van der Waals surface area contributed by atoms with Crippen molar-refractivity contribution in [2.75, 3.05) is 0 Å². The third-order valence-corrected chi connectivity index (χ3v) is 4.50. The van der Waals surface area contributed by atoms with Crippen molar-refractivity contribution in [3.8, 4) is 11.4 Å². The van der Waals surface area contributed by atoms with Gasteiger partial charge in [0.15, 0.2) is 5.75 Å². The molecule has 0 fully saturated rings. The second-order valence-electron chi connectivity index (χ2n) is 4.93. The van der Waals surface area contributed by atoms with Gasteiger partial charge in [-0.2, -0.15) is 9.78 Å². The lowest BCUT2D eigenvalue weighted by atomic mass is 10.2. The first-order valence-electron chi connectivity index (χ1n) is 6.95. The smallest absolute Gasteiger partial charge is 0.289 e. The SMILES string of the molecule is O=c1c(Br)c(OCc2ccc(Cl)cc2)cnn1-c1ccc(Cl)cc1. The van der Waals surface area contributed by atoms with E-state index in [1.165, 1.54) is 10.9 Å². The van der Waals surface area contributed by atoms with Crippen LogP contribution in [0.3, 0.4) is 0 Å². The van der Waals surface area contributed by atoms with Crippen LogP contribution >= 0.6 is 39.1 Å². The second-order valence-corrected chi connectivity index (χ2v) is 6.60. The molecule has 3 rings (SSSR count). The molecule has 0 aliphatic rings. The topological polar surface area (TPSA) is 44.1 Å². The fourth-order valence-electron chi connectivity index (χ4n) is 2.03. The zero-order valence-electron chi connectivity index (χ0n) is 12.2. The Kier molecular flexibility index (Phi) is 5.23. The molecule has 2 aromatic carbocycles. The van der Waals surface area contributed by atoms with E-state index in [-0.39, 0.29) is 5.56 Å². The van der Waals surface area contributed by atoms with Crippen molar-refractivity contribution in [3.63, 3.8) is 0 Å². The van der Waals surface area contributed by atoms with Crippen molar-refractivity contribution < 1.29 is 4.74 Å². The Bertz CT molecular complexity index is 909. The molecule has 0 bridgehead atoms. The second kappa shape index (κ2) is 7.38. The summed E-state index contributed by atoms with van der Waals surface area (Å²) in [5, 5.41) is 5.40. The van der Waals surface area contributed by atoms with E-state index in [1.807, 2.05) is 12.1 Å². The highest BCUT2D eigenvalue weighted by molar-refractivity contribution is 9.10. The fraction of sp³-hybridized carbons (Fsp3) is 0.0588. The van der Waals surface area contributed by atoms with E-state index in [0.717, 1.165) is 5.56 Å². The molecule has 0 aliphatic carbocycles. The lowest BCUT2D eigenvalue weighted by Crippen LogP contribution is -2.22. The Hall–Kier alpha value is -1.82. The number of nitrogens with zero attached hydrogens (tertiary/aromatic N) is 2. The van der Waals surface area contributed by atoms with Crippen LogP contribution in [0.5, 0.6) is 5.75 Å². The molecule has 0 radical (unpaired) electrons. The van der Waals surface area contributed by atoms with E-state index in [9.17, 15) is 4.79 Å². The van der Waals surface area contributed by atoms with Gasteiger partial charge in [-0.3, -0.25) is 4.79 Å². The Morgan fingerprint density at radius 2 is 1.58 bits per heavy atom. The van der Waals surface area contributed by atoms with Gasteiger partial charge in [-0.25, -0.2) is 0 Å². The molecule has 0 saturated carbocycles. The quantitative estimate of drug-likeness (QED) is 0.598. The Morgan fingerprint density at radius 1 is 1.00 bits per heavy atom. The maximum Gasteiger partial charge on any atom is 0.289 e. The molecule has 0 atom stereocenters. The van der Waals surface area contributed by atoms with Crippen molar-refractivity contribution in [3.05, 3.63) is 85.2 Å². The van der Waals surface area contributed by atoms with Gasteiger partial charge in [-0.15, -0.1) is 0 Å². The molecule has 0 aliphatic heterocycles. The van der Waals surface area contributed by atoms with Gasteiger partial charge < -0.3 is 4.74 Å². The van der Waals surface area contributed by atoms with Gasteiger partial charge >= 0.3 is 0 Å². The third kappa shape index (κ3) is 3.80. The van der Waals surface area contributed by atoms with Crippen molar-refractivity contribution in [1.29, 1.82) is 0 Å². The summed E-state index contributed by atoms with van der Waals surface area (Å²) in [4.78, 5) is 12.5. The molecule has 0 amide bonds. The van der Waals surface area contributed by atoms with Gasteiger partial charge in [-0.05, 0) is 57.9 Å². The number of benzene rings is 2. The minimum atomic E-state index is -0.314. The minimum absolute atomic E-state index is 0.307. The first-order chi connectivity index (χ1) is 11.5. The molecular weight excluding hydrogens is 415 g/mol. The summed E-state index contributed by atoms with van der Waals surface area (Å²) in [5.74, 6) is 0.375. The molecule has 4 nitrogen and oxygen atoms in total. The molecule has 122 valence electrons. The molecule has 0 spiro atoms. The van der Waals surface area contributed by atoms with Crippen LogP contribution in [0.2, 0.25) is 10.0 Å². The molecule has 24 heavy (non-hydrogen) atoms. The van der Waals surface area contributed by atoms with Crippen LogP contribution < -0.4 is 10.3 Å². The van der Waals surface area contributed by atoms with Crippen LogP contribution in [0.15, 0.2) is 64.0 Å². The molecule has 1 aromatic heterocycles.